The maximum atomic E-state index is 13.2. The van der Waals surface area contributed by atoms with Crippen LogP contribution in [-0.2, 0) is 16.1 Å². The molecule has 7 heteroatoms. The van der Waals surface area contributed by atoms with Crippen LogP contribution in [0.5, 0.6) is 0 Å². The number of furan rings is 1. The highest BCUT2D eigenvalue weighted by Crippen LogP contribution is 2.28. The normalized spacial score (nSPS) is 18.8. The molecule has 7 nitrogen and oxygen atoms in total. The molecule has 1 atom stereocenters. The number of aromatic nitrogens is 1. The summed E-state index contributed by atoms with van der Waals surface area (Å²) in [7, 11) is 0. The van der Waals surface area contributed by atoms with Crippen LogP contribution in [0.2, 0.25) is 0 Å². The molecule has 3 heterocycles. The maximum absolute atomic E-state index is 13.2. The van der Waals surface area contributed by atoms with Crippen molar-refractivity contribution in [3.63, 3.8) is 0 Å². The molecule has 0 aromatic carbocycles. The Morgan fingerprint density at radius 2 is 2.07 bits per heavy atom. The minimum absolute atomic E-state index is 0.0438. The first-order valence-electron chi connectivity index (χ1n) is 9.83. The topological polar surface area (TPSA) is 75.9 Å². The van der Waals surface area contributed by atoms with Gasteiger partial charge in [-0.2, -0.15) is 0 Å². The van der Waals surface area contributed by atoms with E-state index in [-0.39, 0.29) is 30.5 Å². The molecule has 2 aliphatic rings. The standard InChI is InChI=1S/C21H25N3O4/c25-20(15-24(17-7-8-17)21(26)16-4-1-9-22-12-16)23(13-18-5-2-10-27-18)14-19-6-3-11-28-19/h1-2,4-5,9-10,12,17,19H,3,6-8,11,13-15H2. The van der Waals surface area contributed by atoms with Crippen molar-refractivity contribution >= 4 is 11.8 Å². The molecule has 2 aromatic rings. The number of carbonyl (C=O) groups excluding carboxylic acids is 2. The van der Waals surface area contributed by atoms with Crippen LogP contribution in [0.25, 0.3) is 0 Å². The van der Waals surface area contributed by atoms with Gasteiger partial charge in [-0.15, -0.1) is 0 Å². The second-order valence-corrected chi connectivity index (χ2v) is 7.39. The Labute approximate surface area is 164 Å². The first-order valence-corrected chi connectivity index (χ1v) is 9.83. The first kappa shape index (κ1) is 18.7. The average Bonchev–Trinajstić information content (AvgIpc) is 3.18. The van der Waals surface area contributed by atoms with Gasteiger partial charge in [0.25, 0.3) is 5.91 Å². The Bertz CT molecular complexity index is 783. The number of rotatable bonds is 8. The largest absolute Gasteiger partial charge is 0.467 e. The van der Waals surface area contributed by atoms with E-state index in [1.807, 2.05) is 12.1 Å². The van der Waals surface area contributed by atoms with Crippen molar-refractivity contribution in [2.75, 3.05) is 19.7 Å². The van der Waals surface area contributed by atoms with E-state index in [1.54, 1.807) is 40.6 Å². The fourth-order valence-corrected chi connectivity index (χ4v) is 3.53. The Hall–Kier alpha value is -2.67. The molecule has 4 rings (SSSR count). The van der Waals surface area contributed by atoms with Gasteiger partial charge in [-0.05, 0) is 49.9 Å². The van der Waals surface area contributed by atoms with Gasteiger partial charge in [0.1, 0.15) is 12.3 Å². The molecule has 2 fully saturated rings. The van der Waals surface area contributed by atoms with E-state index in [2.05, 4.69) is 4.98 Å². The predicted molar refractivity (Wildman–Crippen MR) is 101 cm³/mol. The molecule has 1 saturated heterocycles. The van der Waals surface area contributed by atoms with Crippen molar-refractivity contribution in [1.82, 2.24) is 14.8 Å². The highest BCUT2D eigenvalue weighted by Gasteiger charge is 2.36. The monoisotopic (exact) mass is 383 g/mol. The quantitative estimate of drug-likeness (QED) is 0.700. The summed E-state index contributed by atoms with van der Waals surface area (Å²) in [5, 5.41) is 0. The Kier molecular flexibility index (Phi) is 5.71. The smallest absolute Gasteiger partial charge is 0.256 e. The van der Waals surface area contributed by atoms with E-state index in [4.69, 9.17) is 9.15 Å². The molecule has 1 aliphatic carbocycles. The lowest BCUT2D eigenvalue weighted by molar-refractivity contribution is -0.134. The minimum atomic E-state index is -0.140. The second-order valence-electron chi connectivity index (χ2n) is 7.39. The van der Waals surface area contributed by atoms with Crippen LogP contribution < -0.4 is 0 Å². The van der Waals surface area contributed by atoms with Gasteiger partial charge < -0.3 is 19.0 Å². The van der Waals surface area contributed by atoms with E-state index >= 15 is 0 Å². The SMILES string of the molecule is O=C(CN(C(=O)c1cccnc1)C1CC1)N(Cc1ccco1)CC1CCCO1. The van der Waals surface area contributed by atoms with Crippen LogP contribution >= 0.6 is 0 Å². The molecule has 0 bridgehead atoms. The third-order valence-electron chi connectivity index (χ3n) is 5.19. The summed E-state index contributed by atoms with van der Waals surface area (Å²) in [5.41, 5.74) is 0.513. The Morgan fingerprint density at radius 1 is 1.18 bits per heavy atom. The van der Waals surface area contributed by atoms with Crippen molar-refractivity contribution in [2.24, 2.45) is 0 Å². The van der Waals surface area contributed by atoms with Crippen molar-refractivity contribution < 1.29 is 18.7 Å². The van der Waals surface area contributed by atoms with Gasteiger partial charge in [0.2, 0.25) is 5.91 Å². The first-order chi connectivity index (χ1) is 13.7. The number of hydrogen-bond donors (Lipinski definition) is 0. The number of pyridine rings is 1. The molecule has 28 heavy (non-hydrogen) atoms. The number of amides is 2. The summed E-state index contributed by atoms with van der Waals surface area (Å²) in [6.07, 6.45) is 8.66. The number of ether oxygens (including phenoxy) is 1. The molecule has 0 N–H and O–H groups in total. The van der Waals surface area contributed by atoms with Gasteiger partial charge in [0, 0.05) is 31.6 Å². The number of hydrogen-bond acceptors (Lipinski definition) is 5. The van der Waals surface area contributed by atoms with Gasteiger partial charge in [-0.1, -0.05) is 0 Å². The van der Waals surface area contributed by atoms with Crippen LogP contribution in [0, 0.1) is 0 Å². The Morgan fingerprint density at radius 3 is 2.71 bits per heavy atom. The number of carbonyl (C=O) groups is 2. The van der Waals surface area contributed by atoms with Crippen LogP contribution in [0.3, 0.4) is 0 Å². The van der Waals surface area contributed by atoms with Crippen LogP contribution in [0.4, 0.5) is 0 Å². The zero-order chi connectivity index (χ0) is 19.3. The lowest BCUT2D eigenvalue weighted by atomic mass is 10.2. The fourth-order valence-electron chi connectivity index (χ4n) is 3.53. The summed E-state index contributed by atoms with van der Waals surface area (Å²) >= 11 is 0. The zero-order valence-electron chi connectivity index (χ0n) is 15.8. The molecular formula is C21H25N3O4. The molecular weight excluding hydrogens is 358 g/mol. The molecule has 1 saturated carbocycles. The third kappa shape index (κ3) is 4.59. The van der Waals surface area contributed by atoms with E-state index in [1.165, 1.54) is 0 Å². The maximum Gasteiger partial charge on any atom is 0.256 e. The van der Waals surface area contributed by atoms with Gasteiger partial charge in [0.15, 0.2) is 0 Å². The molecule has 1 unspecified atom stereocenters. The number of nitrogens with zero attached hydrogens (tertiary/aromatic N) is 3. The molecule has 2 aromatic heterocycles. The summed E-state index contributed by atoms with van der Waals surface area (Å²) in [6, 6.07) is 7.27. The average molecular weight is 383 g/mol. The van der Waals surface area contributed by atoms with Crippen molar-refractivity contribution in [3.8, 4) is 0 Å². The van der Waals surface area contributed by atoms with Crippen molar-refractivity contribution in [2.45, 2.75) is 44.4 Å². The van der Waals surface area contributed by atoms with Crippen molar-refractivity contribution in [1.29, 1.82) is 0 Å². The highest BCUT2D eigenvalue weighted by atomic mass is 16.5. The van der Waals surface area contributed by atoms with Crippen LogP contribution in [0.1, 0.15) is 41.8 Å². The van der Waals surface area contributed by atoms with Gasteiger partial charge in [0.05, 0.1) is 24.5 Å². The van der Waals surface area contributed by atoms with Crippen LogP contribution in [-0.4, -0.2) is 58.4 Å². The molecule has 0 radical (unpaired) electrons. The third-order valence-corrected chi connectivity index (χ3v) is 5.19. The predicted octanol–water partition coefficient (Wildman–Crippen LogP) is 2.49. The summed E-state index contributed by atoms with van der Waals surface area (Å²) in [6.45, 7) is 1.69. The van der Waals surface area contributed by atoms with Crippen LogP contribution in [0.15, 0.2) is 47.3 Å². The van der Waals surface area contributed by atoms with Gasteiger partial charge in [-0.25, -0.2) is 0 Å². The lowest BCUT2D eigenvalue weighted by Gasteiger charge is -2.28. The zero-order valence-corrected chi connectivity index (χ0v) is 15.8. The summed E-state index contributed by atoms with van der Waals surface area (Å²) in [5.74, 6) is 0.498. The summed E-state index contributed by atoms with van der Waals surface area (Å²) in [4.78, 5) is 33.5. The lowest BCUT2D eigenvalue weighted by Crippen LogP contribution is -2.45. The molecule has 2 amide bonds. The summed E-state index contributed by atoms with van der Waals surface area (Å²) < 4.78 is 11.2. The van der Waals surface area contributed by atoms with E-state index in [9.17, 15) is 9.59 Å². The van der Waals surface area contributed by atoms with E-state index in [0.717, 1.165) is 38.1 Å². The molecule has 1 aliphatic heterocycles. The molecule has 148 valence electrons. The van der Waals surface area contributed by atoms with Gasteiger partial charge >= 0.3 is 0 Å². The Balaban J connectivity index is 1.47. The van der Waals surface area contributed by atoms with Crippen molar-refractivity contribution in [3.05, 3.63) is 54.2 Å². The van der Waals surface area contributed by atoms with Gasteiger partial charge in [-0.3, -0.25) is 14.6 Å². The fraction of sp³-hybridized carbons (Fsp3) is 0.476. The molecule has 0 spiro atoms. The highest BCUT2D eigenvalue weighted by molar-refractivity contribution is 5.96. The second kappa shape index (κ2) is 8.56. The van der Waals surface area contributed by atoms with E-state index < -0.39 is 0 Å². The van der Waals surface area contributed by atoms with E-state index in [0.29, 0.717) is 18.7 Å². The minimum Gasteiger partial charge on any atom is -0.467 e.